The fourth-order valence-corrected chi connectivity index (χ4v) is 1.39. The molecule has 0 rings (SSSR count). The first kappa shape index (κ1) is 13.2. The molecule has 0 atom stereocenters. The van der Waals surface area contributed by atoms with Gasteiger partial charge >= 0.3 is 0 Å². The van der Waals surface area contributed by atoms with Crippen molar-refractivity contribution in [1.82, 2.24) is 4.90 Å². The molecule has 2 nitrogen and oxygen atoms in total. The summed E-state index contributed by atoms with van der Waals surface area (Å²) in [6, 6.07) is 0. The molecular weight excluding hydrogens is 174 g/mol. The minimum Gasteiger partial charge on any atom is -0.338 e. The Morgan fingerprint density at radius 2 is 1.50 bits per heavy atom. The molecule has 0 aromatic heterocycles. The van der Waals surface area contributed by atoms with Crippen LogP contribution in [0.1, 0.15) is 34.6 Å². The molecule has 0 aliphatic heterocycles. The summed E-state index contributed by atoms with van der Waals surface area (Å²) in [5, 5.41) is 0. The van der Waals surface area contributed by atoms with E-state index in [1.807, 2.05) is 4.90 Å². The Hall–Kier alpha value is -0.790. The lowest BCUT2D eigenvalue weighted by Crippen LogP contribution is -2.37. The summed E-state index contributed by atoms with van der Waals surface area (Å²) in [5.74, 6) is 1.11. The molecule has 0 heterocycles. The van der Waals surface area contributed by atoms with Crippen LogP contribution in [0.4, 0.5) is 0 Å². The second-order valence-electron chi connectivity index (χ2n) is 4.78. The summed E-state index contributed by atoms with van der Waals surface area (Å²) in [5.41, 5.74) is 0.631. The molecule has 82 valence electrons. The number of carbonyl (C=O) groups is 1. The van der Waals surface area contributed by atoms with Gasteiger partial charge in [-0.3, -0.25) is 4.79 Å². The number of carbonyl (C=O) groups excluding carboxylic acids is 1. The maximum Gasteiger partial charge on any atom is 0.248 e. The highest BCUT2D eigenvalue weighted by Gasteiger charge is 2.16. The van der Waals surface area contributed by atoms with E-state index in [-0.39, 0.29) is 5.91 Å². The topological polar surface area (TPSA) is 20.3 Å². The van der Waals surface area contributed by atoms with Gasteiger partial charge in [-0.15, -0.1) is 0 Å². The number of rotatable bonds is 5. The van der Waals surface area contributed by atoms with Gasteiger partial charge in [0, 0.05) is 18.7 Å². The fraction of sp³-hybridized carbons (Fsp3) is 0.750. The van der Waals surface area contributed by atoms with Crippen LogP contribution >= 0.6 is 0 Å². The number of amides is 1. The van der Waals surface area contributed by atoms with E-state index in [1.54, 1.807) is 6.92 Å². The molecule has 1 amide bonds. The van der Waals surface area contributed by atoms with Gasteiger partial charge in [-0.1, -0.05) is 34.3 Å². The summed E-state index contributed by atoms with van der Waals surface area (Å²) in [6.07, 6.45) is 0. The summed E-state index contributed by atoms with van der Waals surface area (Å²) in [4.78, 5) is 13.6. The molecule has 0 aliphatic rings. The maximum atomic E-state index is 11.7. The van der Waals surface area contributed by atoms with Gasteiger partial charge in [-0.2, -0.15) is 0 Å². The molecule has 0 bridgehead atoms. The van der Waals surface area contributed by atoms with Crippen LogP contribution in [0.5, 0.6) is 0 Å². The van der Waals surface area contributed by atoms with E-state index in [0.717, 1.165) is 13.1 Å². The van der Waals surface area contributed by atoms with Gasteiger partial charge in [0.25, 0.3) is 0 Å². The monoisotopic (exact) mass is 197 g/mol. The van der Waals surface area contributed by atoms with Gasteiger partial charge in [0.1, 0.15) is 0 Å². The molecule has 0 fully saturated rings. The van der Waals surface area contributed by atoms with E-state index in [2.05, 4.69) is 34.3 Å². The van der Waals surface area contributed by atoms with Gasteiger partial charge in [0.15, 0.2) is 0 Å². The third-order valence-electron chi connectivity index (χ3n) is 1.82. The molecule has 14 heavy (non-hydrogen) atoms. The standard InChI is InChI=1S/C12H23NO/c1-9(2)7-13(8-10(3)4)12(14)11(5)6/h9-10H,5,7-8H2,1-4,6H3. The summed E-state index contributed by atoms with van der Waals surface area (Å²) < 4.78 is 0. The van der Waals surface area contributed by atoms with Gasteiger partial charge < -0.3 is 4.90 Å². The zero-order valence-corrected chi connectivity index (χ0v) is 10.1. The average Bonchev–Trinajstić information content (AvgIpc) is 1.99. The number of hydrogen-bond donors (Lipinski definition) is 0. The molecular formula is C12H23NO. The quantitative estimate of drug-likeness (QED) is 0.621. The van der Waals surface area contributed by atoms with Crippen molar-refractivity contribution in [2.24, 2.45) is 11.8 Å². The van der Waals surface area contributed by atoms with E-state index in [0.29, 0.717) is 17.4 Å². The van der Waals surface area contributed by atoms with E-state index in [1.165, 1.54) is 0 Å². The minimum absolute atomic E-state index is 0.0902. The van der Waals surface area contributed by atoms with E-state index in [9.17, 15) is 4.79 Å². The minimum atomic E-state index is 0.0902. The molecule has 0 saturated heterocycles. The highest BCUT2D eigenvalue weighted by atomic mass is 16.2. The van der Waals surface area contributed by atoms with Gasteiger partial charge in [0.2, 0.25) is 5.91 Å². The van der Waals surface area contributed by atoms with Crippen LogP contribution in [0.2, 0.25) is 0 Å². The number of hydrogen-bond acceptors (Lipinski definition) is 1. The lowest BCUT2D eigenvalue weighted by Gasteiger charge is -2.26. The Morgan fingerprint density at radius 3 is 1.71 bits per heavy atom. The molecule has 0 aliphatic carbocycles. The Labute approximate surface area is 88.0 Å². The van der Waals surface area contributed by atoms with Crippen LogP contribution in [0, 0.1) is 11.8 Å². The Balaban J connectivity index is 4.38. The first-order chi connectivity index (χ1) is 6.34. The van der Waals surface area contributed by atoms with Crippen molar-refractivity contribution in [2.75, 3.05) is 13.1 Å². The van der Waals surface area contributed by atoms with E-state index in [4.69, 9.17) is 0 Å². The highest BCUT2D eigenvalue weighted by Crippen LogP contribution is 2.07. The Morgan fingerprint density at radius 1 is 1.14 bits per heavy atom. The SMILES string of the molecule is C=C(C)C(=O)N(CC(C)C)CC(C)C. The Bertz CT molecular complexity index is 196. The van der Waals surface area contributed by atoms with Crippen LogP contribution in [-0.4, -0.2) is 23.9 Å². The van der Waals surface area contributed by atoms with Crippen LogP contribution in [0.3, 0.4) is 0 Å². The van der Waals surface area contributed by atoms with E-state index < -0.39 is 0 Å². The van der Waals surface area contributed by atoms with Crippen LogP contribution in [0.25, 0.3) is 0 Å². The molecule has 0 N–H and O–H groups in total. The first-order valence-electron chi connectivity index (χ1n) is 5.29. The summed E-state index contributed by atoms with van der Waals surface area (Å²) in [7, 11) is 0. The zero-order chi connectivity index (χ0) is 11.3. The molecule has 0 spiro atoms. The number of nitrogens with zero attached hydrogens (tertiary/aromatic N) is 1. The van der Waals surface area contributed by atoms with Crippen molar-refractivity contribution in [2.45, 2.75) is 34.6 Å². The van der Waals surface area contributed by atoms with E-state index >= 15 is 0 Å². The van der Waals surface area contributed by atoms with Crippen molar-refractivity contribution < 1.29 is 4.79 Å². The Kier molecular flexibility index (Phi) is 5.51. The largest absolute Gasteiger partial charge is 0.338 e. The molecule has 0 aromatic carbocycles. The van der Waals surface area contributed by atoms with Crippen molar-refractivity contribution in [3.8, 4) is 0 Å². The average molecular weight is 197 g/mol. The van der Waals surface area contributed by atoms with Gasteiger partial charge in [-0.25, -0.2) is 0 Å². The lowest BCUT2D eigenvalue weighted by molar-refractivity contribution is -0.128. The van der Waals surface area contributed by atoms with Crippen LogP contribution in [0.15, 0.2) is 12.2 Å². The molecule has 0 unspecified atom stereocenters. The maximum absolute atomic E-state index is 11.7. The summed E-state index contributed by atoms with van der Waals surface area (Å²) >= 11 is 0. The van der Waals surface area contributed by atoms with Crippen molar-refractivity contribution in [3.05, 3.63) is 12.2 Å². The third kappa shape index (κ3) is 5.05. The molecule has 0 radical (unpaired) electrons. The summed E-state index contributed by atoms with van der Waals surface area (Å²) in [6.45, 7) is 15.6. The van der Waals surface area contributed by atoms with Crippen molar-refractivity contribution in [1.29, 1.82) is 0 Å². The molecule has 2 heteroatoms. The lowest BCUT2D eigenvalue weighted by atomic mass is 10.1. The van der Waals surface area contributed by atoms with Crippen molar-refractivity contribution in [3.63, 3.8) is 0 Å². The van der Waals surface area contributed by atoms with Crippen LogP contribution < -0.4 is 0 Å². The van der Waals surface area contributed by atoms with Gasteiger partial charge in [0.05, 0.1) is 0 Å². The van der Waals surface area contributed by atoms with Crippen LogP contribution in [-0.2, 0) is 4.79 Å². The highest BCUT2D eigenvalue weighted by molar-refractivity contribution is 5.92. The zero-order valence-electron chi connectivity index (χ0n) is 10.1. The predicted molar refractivity (Wildman–Crippen MR) is 61.1 cm³/mol. The molecule has 0 saturated carbocycles. The fourth-order valence-electron chi connectivity index (χ4n) is 1.39. The second-order valence-corrected chi connectivity index (χ2v) is 4.78. The van der Waals surface area contributed by atoms with Crippen molar-refractivity contribution >= 4 is 5.91 Å². The normalized spacial score (nSPS) is 10.8. The predicted octanol–water partition coefficient (Wildman–Crippen LogP) is 2.70. The smallest absolute Gasteiger partial charge is 0.248 e. The van der Waals surface area contributed by atoms with Gasteiger partial charge in [-0.05, 0) is 18.8 Å². The second kappa shape index (κ2) is 5.84. The first-order valence-corrected chi connectivity index (χ1v) is 5.29. The third-order valence-corrected chi connectivity index (χ3v) is 1.82. The molecule has 0 aromatic rings.